The smallest absolute Gasteiger partial charge is 0.0382 e. The standard InChI is InChI=1S/C11H16Br2/c1-7-2-3-8-6-9(12)4-5-10(8)11(7)13/h8-11H,1-6H2. The maximum atomic E-state index is 4.15. The van der Waals surface area contributed by atoms with Crippen molar-refractivity contribution in [1.82, 2.24) is 0 Å². The van der Waals surface area contributed by atoms with Crippen LogP contribution in [0.4, 0.5) is 0 Å². The first-order valence-electron chi connectivity index (χ1n) is 5.14. The van der Waals surface area contributed by atoms with E-state index in [0.29, 0.717) is 4.83 Å². The van der Waals surface area contributed by atoms with E-state index in [1.54, 1.807) is 0 Å². The highest BCUT2D eigenvalue weighted by Gasteiger charge is 2.37. The Balaban J connectivity index is 2.06. The van der Waals surface area contributed by atoms with Crippen LogP contribution in [0, 0.1) is 11.8 Å². The molecule has 0 spiro atoms. The average molecular weight is 308 g/mol. The maximum absolute atomic E-state index is 4.15. The van der Waals surface area contributed by atoms with E-state index in [9.17, 15) is 0 Å². The van der Waals surface area contributed by atoms with E-state index in [1.807, 2.05) is 0 Å². The van der Waals surface area contributed by atoms with Crippen molar-refractivity contribution in [3.05, 3.63) is 12.2 Å². The second-order valence-electron chi connectivity index (χ2n) is 4.43. The summed E-state index contributed by atoms with van der Waals surface area (Å²) < 4.78 is 0. The molecule has 0 N–H and O–H groups in total. The Morgan fingerprint density at radius 1 is 1.15 bits per heavy atom. The molecular formula is C11H16Br2. The average Bonchev–Trinajstić information content (AvgIpc) is 2.12. The third-order valence-corrected chi connectivity index (χ3v) is 5.74. The van der Waals surface area contributed by atoms with Gasteiger partial charge in [-0.25, -0.2) is 0 Å². The molecule has 0 aliphatic heterocycles. The van der Waals surface area contributed by atoms with Gasteiger partial charge in [0.1, 0.15) is 0 Å². The zero-order valence-electron chi connectivity index (χ0n) is 7.81. The lowest BCUT2D eigenvalue weighted by Crippen LogP contribution is -2.35. The van der Waals surface area contributed by atoms with Gasteiger partial charge in [-0.05, 0) is 43.9 Å². The predicted octanol–water partition coefficient (Wildman–Crippen LogP) is 4.28. The molecule has 4 unspecified atom stereocenters. The molecule has 0 nitrogen and oxygen atoms in total. The van der Waals surface area contributed by atoms with Crippen LogP contribution in [0.15, 0.2) is 12.2 Å². The van der Waals surface area contributed by atoms with Crippen LogP contribution in [-0.2, 0) is 0 Å². The molecule has 2 heteroatoms. The number of rotatable bonds is 0. The van der Waals surface area contributed by atoms with Gasteiger partial charge in [-0.1, -0.05) is 44.0 Å². The van der Waals surface area contributed by atoms with Crippen molar-refractivity contribution in [3.63, 3.8) is 0 Å². The highest BCUT2D eigenvalue weighted by atomic mass is 79.9. The maximum Gasteiger partial charge on any atom is 0.0382 e. The molecule has 4 atom stereocenters. The zero-order chi connectivity index (χ0) is 9.42. The summed E-state index contributed by atoms with van der Waals surface area (Å²) in [5, 5.41) is 0. The third kappa shape index (κ3) is 2.04. The van der Waals surface area contributed by atoms with Gasteiger partial charge in [-0.3, -0.25) is 0 Å². The SMILES string of the molecule is C=C1CCC2CC(Br)CCC2C1Br. The fraction of sp³-hybridized carbons (Fsp3) is 0.818. The van der Waals surface area contributed by atoms with E-state index in [0.717, 1.165) is 16.7 Å². The Morgan fingerprint density at radius 3 is 2.69 bits per heavy atom. The summed E-state index contributed by atoms with van der Waals surface area (Å²) in [6, 6.07) is 0. The molecule has 2 aliphatic carbocycles. The first-order valence-corrected chi connectivity index (χ1v) is 6.97. The lowest BCUT2D eigenvalue weighted by molar-refractivity contribution is 0.214. The lowest BCUT2D eigenvalue weighted by atomic mass is 9.69. The molecule has 0 amide bonds. The minimum atomic E-state index is 0.603. The Hall–Kier alpha value is 0.700. The monoisotopic (exact) mass is 306 g/mol. The summed E-state index contributed by atoms with van der Waals surface area (Å²) in [5.41, 5.74) is 1.43. The topological polar surface area (TPSA) is 0 Å². The molecule has 0 heterocycles. The van der Waals surface area contributed by atoms with Crippen molar-refractivity contribution >= 4 is 31.9 Å². The molecule has 2 rings (SSSR count). The largest absolute Gasteiger partial charge is 0.0987 e. The van der Waals surface area contributed by atoms with Gasteiger partial charge >= 0.3 is 0 Å². The second kappa shape index (κ2) is 4.06. The van der Waals surface area contributed by atoms with Crippen LogP contribution >= 0.6 is 31.9 Å². The van der Waals surface area contributed by atoms with Gasteiger partial charge < -0.3 is 0 Å². The van der Waals surface area contributed by atoms with Crippen LogP contribution in [0.25, 0.3) is 0 Å². The molecule has 0 radical (unpaired) electrons. The van der Waals surface area contributed by atoms with Crippen LogP contribution in [-0.4, -0.2) is 9.65 Å². The molecule has 2 aliphatic rings. The summed E-state index contributed by atoms with van der Waals surface area (Å²) in [6.07, 6.45) is 6.69. The van der Waals surface area contributed by atoms with Gasteiger partial charge in [-0.15, -0.1) is 0 Å². The molecule has 0 saturated heterocycles. The van der Waals surface area contributed by atoms with Gasteiger partial charge in [0.05, 0.1) is 0 Å². The van der Waals surface area contributed by atoms with Crippen molar-refractivity contribution in [3.8, 4) is 0 Å². The number of fused-ring (bicyclic) bond motifs is 1. The van der Waals surface area contributed by atoms with E-state index >= 15 is 0 Å². The molecule has 2 saturated carbocycles. The Bertz CT molecular complexity index is 212. The molecule has 74 valence electrons. The summed E-state index contributed by atoms with van der Waals surface area (Å²) in [4.78, 5) is 1.38. The summed E-state index contributed by atoms with van der Waals surface area (Å²) in [5.74, 6) is 1.81. The zero-order valence-corrected chi connectivity index (χ0v) is 11.0. The van der Waals surface area contributed by atoms with Crippen LogP contribution < -0.4 is 0 Å². The Labute approximate surface area is 97.4 Å². The summed E-state index contributed by atoms with van der Waals surface area (Å²) in [6.45, 7) is 4.15. The third-order valence-electron chi connectivity index (χ3n) is 3.58. The minimum Gasteiger partial charge on any atom is -0.0987 e. The first-order chi connectivity index (χ1) is 6.18. The van der Waals surface area contributed by atoms with E-state index in [1.165, 1.54) is 37.7 Å². The molecule has 0 bridgehead atoms. The number of alkyl halides is 2. The molecular weight excluding hydrogens is 292 g/mol. The minimum absolute atomic E-state index is 0.603. The van der Waals surface area contributed by atoms with Crippen molar-refractivity contribution in [2.45, 2.75) is 41.8 Å². The van der Waals surface area contributed by atoms with E-state index < -0.39 is 0 Å². The normalized spacial score (nSPS) is 45.8. The second-order valence-corrected chi connectivity index (χ2v) is 6.71. The van der Waals surface area contributed by atoms with Gasteiger partial charge in [0.2, 0.25) is 0 Å². The number of allylic oxidation sites excluding steroid dienone is 1. The van der Waals surface area contributed by atoms with Crippen LogP contribution in [0.2, 0.25) is 0 Å². The van der Waals surface area contributed by atoms with Gasteiger partial charge in [0, 0.05) is 9.65 Å². The molecule has 0 aromatic heterocycles. The molecule has 13 heavy (non-hydrogen) atoms. The van der Waals surface area contributed by atoms with Crippen molar-refractivity contribution in [1.29, 1.82) is 0 Å². The first kappa shape index (κ1) is 10.2. The van der Waals surface area contributed by atoms with Crippen LogP contribution in [0.1, 0.15) is 32.1 Å². The summed E-state index contributed by atoms with van der Waals surface area (Å²) in [7, 11) is 0. The quantitative estimate of drug-likeness (QED) is 0.463. The Morgan fingerprint density at radius 2 is 1.92 bits per heavy atom. The van der Waals surface area contributed by atoms with E-state index in [2.05, 4.69) is 38.4 Å². The van der Waals surface area contributed by atoms with Crippen LogP contribution in [0.5, 0.6) is 0 Å². The highest BCUT2D eigenvalue weighted by molar-refractivity contribution is 9.09. The Kier molecular flexibility index (Phi) is 3.19. The number of hydrogen-bond donors (Lipinski definition) is 0. The fourth-order valence-corrected chi connectivity index (χ4v) is 4.43. The molecule has 0 aromatic rings. The predicted molar refractivity (Wildman–Crippen MR) is 64.6 cm³/mol. The van der Waals surface area contributed by atoms with Crippen molar-refractivity contribution in [2.24, 2.45) is 11.8 Å². The van der Waals surface area contributed by atoms with Gasteiger partial charge in [0.15, 0.2) is 0 Å². The van der Waals surface area contributed by atoms with Crippen molar-refractivity contribution in [2.75, 3.05) is 0 Å². The van der Waals surface area contributed by atoms with Crippen molar-refractivity contribution < 1.29 is 0 Å². The fourth-order valence-electron chi connectivity index (χ4n) is 2.76. The number of hydrogen-bond acceptors (Lipinski definition) is 0. The lowest BCUT2D eigenvalue weighted by Gasteiger charge is -2.41. The number of halogens is 2. The highest BCUT2D eigenvalue weighted by Crippen LogP contribution is 2.46. The van der Waals surface area contributed by atoms with Crippen LogP contribution in [0.3, 0.4) is 0 Å². The van der Waals surface area contributed by atoms with Gasteiger partial charge in [0.25, 0.3) is 0 Å². The van der Waals surface area contributed by atoms with Gasteiger partial charge in [-0.2, -0.15) is 0 Å². The van der Waals surface area contributed by atoms with E-state index in [-0.39, 0.29) is 0 Å². The molecule has 0 aromatic carbocycles. The van der Waals surface area contributed by atoms with E-state index in [4.69, 9.17) is 0 Å². The molecule has 2 fully saturated rings. The summed E-state index contributed by atoms with van der Waals surface area (Å²) >= 11 is 7.55.